The number of hydrogen-bond acceptors (Lipinski definition) is 3. The van der Waals surface area contributed by atoms with E-state index in [4.69, 9.17) is 5.73 Å². The maximum Gasteiger partial charge on any atom is 0.0549 e. The first-order valence-corrected chi connectivity index (χ1v) is 6.67. The Labute approximate surface area is 103 Å². The summed E-state index contributed by atoms with van der Waals surface area (Å²) in [5.74, 6) is 0. The Morgan fingerprint density at radius 1 is 1.35 bits per heavy atom. The minimum absolute atomic E-state index is 0.419. The zero-order chi connectivity index (χ0) is 12.0. The zero-order valence-corrected chi connectivity index (χ0v) is 10.7. The molecule has 3 rings (SSSR count). The molecule has 17 heavy (non-hydrogen) atoms. The Hall–Kier alpha value is -0.870. The quantitative estimate of drug-likeness (QED) is 0.842. The van der Waals surface area contributed by atoms with E-state index in [-0.39, 0.29) is 0 Å². The van der Waals surface area contributed by atoms with Gasteiger partial charge in [-0.25, -0.2) is 0 Å². The van der Waals surface area contributed by atoms with E-state index in [0.29, 0.717) is 24.2 Å². The summed E-state index contributed by atoms with van der Waals surface area (Å²) < 4.78 is 2.00. The first-order valence-electron chi connectivity index (χ1n) is 6.67. The summed E-state index contributed by atoms with van der Waals surface area (Å²) in [4.78, 5) is 2.68. The van der Waals surface area contributed by atoms with Crippen LogP contribution in [0.4, 0.5) is 0 Å². The van der Waals surface area contributed by atoms with Gasteiger partial charge in [-0.1, -0.05) is 0 Å². The summed E-state index contributed by atoms with van der Waals surface area (Å²) in [5, 5.41) is 4.28. The number of piperidine rings is 1. The van der Waals surface area contributed by atoms with Crippen LogP contribution in [0, 0.1) is 0 Å². The van der Waals surface area contributed by atoms with Crippen LogP contribution in [-0.4, -0.2) is 32.8 Å². The van der Waals surface area contributed by atoms with Crippen molar-refractivity contribution in [1.29, 1.82) is 0 Å². The maximum atomic E-state index is 6.12. The fraction of sp³-hybridized carbons (Fsp3) is 0.769. The van der Waals surface area contributed by atoms with Crippen LogP contribution >= 0.6 is 0 Å². The van der Waals surface area contributed by atoms with E-state index in [1.165, 1.54) is 31.4 Å². The molecule has 2 N–H and O–H groups in total. The molecule has 0 radical (unpaired) electrons. The van der Waals surface area contributed by atoms with Gasteiger partial charge in [0.2, 0.25) is 0 Å². The average molecular weight is 234 g/mol. The number of fused-ring (bicyclic) bond motifs is 2. The van der Waals surface area contributed by atoms with Gasteiger partial charge in [0, 0.05) is 37.4 Å². The lowest BCUT2D eigenvalue weighted by molar-refractivity contribution is 0.0816. The summed E-state index contributed by atoms with van der Waals surface area (Å²) in [6.45, 7) is 2.30. The number of aromatic nitrogens is 2. The summed E-state index contributed by atoms with van der Waals surface area (Å²) in [6, 6.07) is 4.40. The second-order valence-corrected chi connectivity index (χ2v) is 5.62. The highest BCUT2D eigenvalue weighted by molar-refractivity contribution is 5.10. The SMILES string of the molecule is CC(c1ccnn1C)N1C2CCC1CC(N)C2. The third kappa shape index (κ3) is 1.79. The topological polar surface area (TPSA) is 47.1 Å². The number of nitrogens with zero attached hydrogens (tertiary/aromatic N) is 3. The number of nitrogens with two attached hydrogens (primary N) is 1. The number of hydrogen-bond donors (Lipinski definition) is 1. The van der Waals surface area contributed by atoms with Crippen molar-refractivity contribution in [1.82, 2.24) is 14.7 Å². The Morgan fingerprint density at radius 3 is 2.53 bits per heavy atom. The minimum Gasteiger partial charge on any atom is -0.328 e. The first-order chi connectivity index (χ1) is 8.16. The highest BCUT2D eigenvalue weighted by atomic mass is 15.3. The van der Waals surface area contributed by atoms with Gasteiger partial charge in [-0.2, -0.15) is 5.10 Å². The zero-order valence-electron chi connectivity index (χ0n) is 10.7. The molecule has 0 aliphatic carbocycles. The summed E-state index contributed by atoms with van der Waals surface area (Å²) in [6.07, 6.45) is 6.86. The van der Waals surface area contributed by atoms with E-state index in [0.717, 1.165) is 0 Å². The molecule has 4 heteroatoms. The lowest BCUT2D eigenvalue weighted by Crippen LogP contribution is -2.48. The van der Waals surface area contributed by atoms with Crippen molar-refractivity contribution >= 4 is 0 Å². The molecular formula is C13H22N4. The fourth-order valence-corrected chi connectivity index (χ4v) is 3.83. The molecule has 94 valence electrons. The molecule has 0 spiro atoms. The van der Waals surface area contributed by atoms with Crippen molar-refractivity contribution in [3.05, 3.63) is 18.0 Å². The minimum atomic E-state index is 0.419. The van der Waals surface area contributed by atoms with Gasteiger partial charge in [0.15, 0.2) is 0 Å². The van der Waals surface area contributed by atoms with Crippen molar-refractivity contribution < 1.29 is 0 Å². The van der Waals surface area contributed by atoms with E-state index in [1.807, 2.05) is 17.9 Å². The first kappa shape index (κ1) is 11.2. The predicted molar refractivity (Wildman–Crippen MR) is 67.5 cm³/mol. The maximum absolute atomic E-state index is 6.12. The highest BCUT2D eigenvalue weighted by Crippen LogP contribution is 2.40. The lowest BCUT2D eigenvalue weighted by Gasteiger charge is -2.41. The van der Waals surface area contributed by atoms with Crippen LogP contribution in [-0.2, 0) is 7.05 Å². The van der Waals surface area contributed by atoms with E-state index in [1.54, 1.807) is 0 Å². The molecule has 0 aromatic carbocycles. The second-order valence-electron chi connectivity index (χ2n) is 5.62. The van der Waals surface area contributed by atoms with Gasteiger partial charge < -0.3 is 5.73 Å². The van der Waals surface area contributed by atoms with Crippen molar-refractivity contribution in [2.45, 2.75) is 56.8 Å². The molecule has 2 aliphatic heterocycles. The summed E-state index contributed by atoms with van der Waals surface area (Å²) >= 11 is 0. The molecule has 0 amide bonds. The van der Waals surface area contributed by atoms with Gasteiger partial charge in [0.05, 0.1) is 5.69 Å². The van der Waals surface area contributed by atoms with Gasteiger partial charge in [0.1, 0.15) is 0 Å². The van der Waals surface area contributed by atoms with Crippen LogP contribution in [0.3, 0.4) is 0 Å². The van der Waals surface area contributed by atoms with Crippen LogP contribution in [0.5, 0.6) is 0 Å². The Kier molecular flexibility index (Phi) is 2.71. The molecule has 1 aromatic heterocycles. The molecule has 2 aliphatic rings. The fourth-order valence-electron chi connectivity index (χ4n) is 3.83. The molecule has 2 fully saturated rings. The highest BCUT2D eigenvalue weighted by Gasteiger charge is 2.42. The molecule has 3 heterocycles. The van der Waals surface area contributed by atoms with Crippen LogP contribution < -0.4 is 5.73 Å². The molecule has 1 aromatic rings. The molecular weight excluding hydrogens is 212 g/mol. The van der Waals surface area contributed by atoms with E-state index in [9.17, 15) is 0 Å². The normalized spacial score (nSPS) is 35.1. The molecule has 3 unspecified atom stereocenters. The molecule has 0 saturated carbocycles. The molecule has 2 bridgehead atoms. The van der Waals surface area contributed by atoms with Crippen LogP contribution in [0.2, 0.25) is 0 Å². The number of aryl methyl sites for hydroxylation is 1. The average Bonchev–Trinajstić information content (AvgIpc) is 2.81. The van der Waals surface area contributed by atoms with Gasteiger partial charge in [0.25, 0.3) is 0 Å². The second kappa shape index (κ2) is 4.10. The van der Waals surface area contributed by atoms with Crippen molar-refractivity contribution in [2.24, 2.45) is 12.8 Å². The smallest absolute Gasteiger partial charge is 0.0549 e. The van der Waals surface area contributed by atoms with Crippen molar-refractivity contribution in [2.75, 3.05) is 0 Å². The van der Waals surface area contributed by atoms with Gasteiger partial charge in [-0.3, -0.25) is 9.58 Å². The largest absolute Gasteiger partial charge is 0.328 e. The predicted octanol–water partition coefficient (Wildman–Crippen LogP) is 1.44. The van der Waals surface area contributed by atoms with Crippen molar-refractivity contribution in [3.63, 3.8) is 0 Å². The Morgan fingerprint density at radius 2 is 2.00 bits per heavy atom. The van der Waals surface area contributed by atoms with Crippen LogP contribution in [0.25, 0.3) is 0 Å². The van der Waals surface area contributed by atoms with Gasteiger partial charge in [-0.05, 0) is 38.7 Å². The summed E-state index contributed by atoms with van der Waals surface area (Å²) in [5.41, 5.74) is 7.44. The number of rotatable bonds is 2. The monoisotopic (exact) mass is 234 g/mol. The van der Waals surface area contributed by atoms with Gasteiger partial charge in [-0.15, -0.1) is 0 Å². The van der Waals surface area contributed by atoms with Crippen LogP contribution in [0.15, 0.2) is 12.3 Å². The van der Waals surface area contributed by atoms with Crippen LogP contribution in [0.1, 0.15) is 44.3 Å². The van der Waals surface area contributed by atoms with Crippen molar-refractivity contribution in [3.8, 4) is 0 Å². The third-order valence-corrected chi connectivity index (χ3v) is 4.56. The molecule has 4 nitrogen and oxygen atoms in total. The molecule has 3 atom stereocenters. The summed E-state index contributed by atoms with van der Waals surface area (Å²) in [7, 11) is 2.03. The standard InChI is InChI=1S/C13H22N4/c1-9(13-5-6-15-16(13)2)17-11-3-4-12(17)8-10(14)7-11/h5-6,9-12H,3-4,7-8,14H2,1-2H3. The van der Waals surface area contributed by atoms with E-state index < -0.39 is 0 Å². The van der Waals surface area contributed by atoms with Gasteiger partial charge >= 0.3 is 0 Å². The lowest BCUT2D eigenvalue weighted by atomic mass is 9.96. The molecule has 2 saturated heterocycles. The van der Waals surface area contributed by atoms with E-state index >= 15 is 0 Å². The Bertz CT molecular complexity index is 386. The third-order valence-electron chi connectivity index (χ3n) is 4.56. The van der Waals surface area contributed by atoms with E-state index in [2.05, 4.69) is 23.0 Å². The Balaban J connectivity index is 1.83.